The van der Waals surface area contributed by atoms with Crippen LogP contribution in [0.2, 0.25) is 0 Å². The van der Waals surface area contributed by atoms with Crippen LogP contribution >= 0.6 is 11.9 Å². The number of piperazine rings is 1. The van der Waals surface area contributed by atoms with Gasteiger partial charge in [-0.25, -0.2) is 9.97 Å². The Kier molecular flexibility index (Phi) is 6.63. The predicted octanol–water partition coefficient (Wildman–Crippen LogP) is 4.49. The maximum Gasteiger partial charge on any atom is 0.131 e. The van der Waals surface area contributed by atoms with Crippen LogP contribution in [0.4, 0.5) is 17.2 Å². The van der Waals surface area contributed by atoms with Crippen molar-refractivity contribution in [1.29, 1.82) is 0 Å². The van der Waals surface area contributed by atoms with Gasteiger partial charge in [-0.2, -0.15) is 0 Å². The Morgan fingerprint density at radius 3 is 2.41 bits per heavy atom. The number of aromatic nitrogens is 2. The third kappa shape index (κ3) is 5.15. The minimum Gasteiger partial charge on any atom is -0.369 e. The summed E-state index contributed by atoms with van der Waals surface area (Å²) >= 11 is 1.23. The van der Waals surface area contributed by atoms with Gasteiger partial charge in [-0.3, -0.25) is 5.14 Å². The maximum atomic E-state index is 5.61. The highest BCUT2D eigenvalue weighted by Crippen LogP contribution is 2.23. The molecule has 0 amide bonds. The fourth-order valence-corrected chi connectivity index (χ4v) is 4.24. The number of hydrogen-bond donors (Lipinski definition) is 2. The summed E-state index contributed by atoms with van der Waals surface area (Å²) in [6.45, 7) is 4.31. The number of nitrogens with zero attached hydrogens (tertiary/aromatic N) is 4. The standard InChI is InChI=1S/C27H26N6S/c1-32-14-16-33(17-15-32)23-7-2-20(3-8-23)4-11-26-25-18-27(30-19-21(25)12-13-29-26)31-22-5-9-24(34-28)10-6-22/h2-3,5-10,12-13,18-19H,14-17,28H2,1H3,(H,30,31). The van der Waals surface area contributed by atoms with E-state index in [2.05, 4.69) is 68.2 Å². The second-order valence-electron chi connectivity index (χ2n) is 8.30. The number of likely N-dealkylation sites (N-methyl/N-ethyl adjacent to an activating group) is 1. The van der Waals surface area contributed by atoms with E-state index in [9.17, 15) is 0 Å². The summed E-state index contributed by atoms with van der Waals surface area (Å²) < 4.78 is 0. The molecule has 0 radical (unpaired) electrons. The molecule has 0 saturated carbocycles. The molecule has 170 valence electrons. The molecule has 0 atom stereocenters. The van der Waals surface area contributed by atoms with E-state index in [1.165, 1.54) is 17.6 Å². The number of nitrogens with two attached hydrogens (primary N) is 1. The van der Waals surface area contributed by atoms with Gasteiger partial charge in [-0.15, -0.1) is 0 Å². The van der Waals surface area contributed by atoms with Crippen molar-refractivity contribution in [2.45, 2.75) is 4.90 Å². The number of benzene rings is 2. The quantitative estimate of drug-likeness (QED) is 0.339. The summed E-state index contributed by atoms with van der Waals surface area (Å²) in [6.07, 6.45) is 3.63. The lowest BCUT2D eigenvalue weighted by atomic mass is 10.1. The van der Waals surface area contributed by atoms with Gasteiger partial charge >= 0.3 is 0 Å². The molecule has 5 rings (SSSR count). The fourth-order valence-electron chi connectivity index (χ4n) is 3.95. The molecule has 2 aromatic carbocycles. The number of hydrogen-bond acceptors (Lipinski definition) is 7. The molecule has 0 spiro atoms. The van der Waals surface area contributed by atoms with Crippen LogP contribution in [-0.4, -0.2) is 48.1 Å². The maximum absolute atomic E-state index is 5.61. The van der Waals surface area contributed by atoms with E-state index in [1.807, 2.05) is 42.6 Å². The molecular weight excluding hydrogens is 440 g/mol. The van der Waals surface area contributed by atoms with Gasteiger partial charge in [0.15, 0.2) is 0 Å². The van der Waals surface area contributed by atoms with Crippen LogP contribution < -0.4 is 15.4 Å². The van der Waals surface area contributed by atoms with E-state index < -0.39 is 0 Å². The highest BCUT2D eigenvalue weighted by atomic mass is 32.2. The Morgan fingerprint density at radius 2 is 1.68 bits per heavy atom. The van der Waals surface area contributed by atoms with Gasteiger partial charge in [-0.1, -0.05) is 5.92 Å². The van der Waals surface area contributed by atoms with Crippen LogP contribution in [0.1, 0.15) is 11.3 Å². The van der Waals surface area contributed by atoms with Crippen LogP contribution in [0.25, 0.3) is 10.8 Å². The summed E-state index contributed by atoms with van der Waals surface area (Å²) in [7, 11) is 2.17. The van der Waals surface area contributed by atoms with Crippen molar-refractivity contribution < 1.29 is 0 Å². The van der Waals surface area contributed by atoms with E-state index in [0.29, 0.717) is 0 Å². The van der Waals surface area contributed by atoms with Crippen molar-refractivity contribution in [3.8, 4) is 11.8 Å². The van der Waals surface area contributed by atoms with Crippen LogP contribution in [0.3, 0.4) is 0 Å². The Balaban J connectivity index is 1.36. The van der Waals surface area contributed by atoms with Gasteiger partial charge in [0.05, 0.1) is 0 Å². The average molecular weight is 467 g/mol. The molecular formula is C27H26N6S. The van der Waals surface area contributed by atoms with E-state index >= 15 is 0 Å². The highest BCUT2D eigenvalue weighted by molar-refractivity contribution is 7.97. The summed E-state index contributed by atoms with van der Waals surface area (Å²) in [4.78, 5) is 14.9. The number of fused-ring (bicyclic) bond motifs is 1. The van der Waals surface area contributed by atoms with E-state index in [-0.39, 0.29) is 0 Å². The van der Waals surface area contributed by atoms with Crippen LogP contribution in [0, 0.1) is 11.8 Å². The first-order valence-corrected chi connectivity index (χ1v) is 12.1. The van der Waals surface area contributed by atoms with Crippen LogP contribution in [0.15, 0.2) is 78.0 Å². The molecule has 7 heteroatoms. The van der Waals surface area contributed by atoms with Crippen molar-refractivity contribution in [3.63, 3.8) is 0 Å². The lowest BCUT2D eigenvalue weighted by molar-refractivity contribution is 0.313. The Bertz CT molecular complexity index is 1330. The van der Waals surface area contributed by atoms with Crippen molar-refractivity contribution in [2.75, 3.05) is 43.4 Å². The normalized spacial score (nSPS) is 14.0. The molecule has 6 nitrogen and oxygen atoms in total. The minimum absolute atomic E-state index is 0.737. The van der Waals surface area contributed by atoms with Crippen molar-refractivity contribution in [2.24, 2.45) is 5.14 Å². The first-order valence-electron chi connectivity index (χ1n) is 11.2. The number of rotatable bonds is 4. The monoisotopic (exact) mass is 466 g/mol. The molecule has 0 aliphatic carbocycles. The lowest BCUT2D eigenvalue weighted by Crippen LogP contribution is -2.44. The van der Waals surface area contributed by atoms with Gasteiger partial charge in [0.25, 0.3) is 0 Å². The minimum atomic E-state index is 0.737. The highest BCUT2D eigenvalue weighted by Gasteiger charge is 2.13. The largest absolute Gasteiger partial charge is 0.369 e. The number of pyridine rings is 2. The Morgan fingerprint density at radius 1 is 0.912 bits per heavy atom. The molecule has 1 fully saturated rings. The third-order valence-electron chi connectivity index (χ3n) is 5.97. The second-order valence-corrected chi connectivity index (χ2v) is 9.01. The molecule has 2 aromatic heterocycles. The first kappa shape index (κ1) is 22.2. The molecule has 1 aliphatic heterocycles. The zero-order valence-electron chi connectivity index (χ0n) is 19.0. The predicted molar refractivity (Wildman–Crippen MR) is 141 cm³/mol. The van der Waals surface area contributed by atoms with E-state index in [1.54, 1.807) is 6.20 Å². The summed E-state index contributed by atoms with van der Waals surface area (Å²) in [6, 6.07) is 20.4. The van der Waals surface area contributed by atoms with Gasteiger partial charge in [0.2, 0.25) is 0 Å². The fraction of sp³-hybridized carbons (Fsp3) is 0.185. The van der Waals surface area contributed by atoms with E-state index in [4.69, 9.17) is 5.14 Å². The van der Waals surface area contributed by atoms with Gasteiger partial charge < -0.3 is 15.1 Å². The third-order valence-corrected chi connectivity index (χ3v) is 6.52. The number of nitrogens with one attached hydrogen (secondary N) is 1. The topological polar surface area (TPSA) is 70.3 Å². The molecule has 1 saturated heterocycles. The van der Waals surface area contributed by atoms with E-state index in [0.717, 1.165) is 64.6 Å². The second kappa shape index (κ2) is 10.1. The summed E-state index contributed by atoms with van der Waals surface area (Å²) in [5.74, 6) is 7.28. The smallest absolute Gasteiger partial charge is 0.131 e. The van der Waals surface area contributed by atoms with Gasteiger partial charge in [0.1, 0.15) is 11.5 Å². The van der Waals surface area contributed by atoms with Crippen molar-refractivity contribution >= 4 is 39.9 Å². The number of anilines is 3. The average Bonchev–Trinajstić information content (AvgIpc) is 2.89. The molecule has 4 aromatic rings. The molecule has 0 bridgehead atoms. The molecule has 34 heavy (non-hydrogen) atoms. The SMILES string of the molecule is CN1CCN(c2ccc(C#Cc3nccc4cnc(Nc5ccc(SN)cc5)cc34)cc2)CC1. The molecule has 3 N–H and O–H groups in total. The molecule has 0 unspecified atom stereocenters. The zero-order chi connectivity index (χ0) is 23.3. The first-order chi connectivity index (χ1) is 16.7. The lowest BCUT2D eigenvalue weighted by Gasteiger charge is -2.34. The Hall–Kier alpha value is -3.57. The Labute approximate surface area is 204 Å². The molecule has 3 heterocycles. The van der Waals surface area contributed by atoms with Gasteiger partial charge in [0, 0.05) is 71.2 Å². The summed E-state index contributed by atoms with van der Waals surface area (Å²) in [5, 5.41) is 10.9. The van der Waals surface area contributed by atoms with Crippen LogP contribution in [0.5, 0.6) is 0 Å². The summed E-state index contributed by atoms with van der Waals surface area (Å²) in [5.41, 5.74) is 3.91. The van der Waals surface area contributed by atoms with Crippen molar-refractivity contribution in [3.05, 3.63) is 84.3 Å². The van der Waals surface area contributed by atoms with Crippen LogP contribution in [-0.2, 0) is 0 Å². The molecule has 1 aliphatic rings. The van der Waals surface area contributed by atoms with Crippen molar-refractivity contribution in [1.82, 2.24) is 14.9 Å². The zero-order valence-corrected chi connectivity index (χ0v) is 19.8. The van der Waals surface area contributed by atoms with Gasteiger partial charge in [-0.05, 0) is 85.6 Å².